The highest BCUT2D eigenvalue weighted by molar-refractivity contribution is 7.14. The van der Waals surface area contributed by atoms with E-state index in [-0.39, 0.29) is 12.0 Å². The molecule has 1 atom stereocenters. The van der Waals surface area contributed by atoms with Crippen molar-refractivity contribution < 1.29 is 9.53 Å². The van der Waals surface area contributed by atoms with Crippen LogP contribution in [0, 0.1) is 0 Å². The molecule has 0 bridgehead atoms. The van der Waals surface area contributed by atoms with Crippen molar-refractivity contribution >= 4 is 34.6 Å². The third-order valence-corrected chi connectivity index (χ3v) is 3.89. The molecular weight excluding hydrogens is 282 g/mol. The molecule has 0 aliphatic heterocycles. The largest absolute Gasteiger partial charge is 0.465 e. The molecule has 100 valence electrons. The van der Waals surface area contributed by atoms with E-state index in [0.717, 1.165) is 15.6 Å². The van der Waals surface area contributed by atoms with E-state index in [1.165, 1.54) is 18.4 Å². The third kappa shape index (κ3) is 3.49. The number of carbonyl (C=O) groups excluding carboxylic acids is 1. The van der Waals surface area contributed by atoms with Gasteiger partial charge in [0.25, 0.3) is 0 Å². The number of thiophene rings is 1. The van der Waals surface area contributed by atoms with Crippen molar-refractivity contribution in [2.24, 2.45) is 0 Å². The highest BCUT2D eigenvalue weighted by Gasteiger charge is 2.09. The predicted octanol–water partition coefficient (Wildman–Crippen LogP) is 4.36. The first kappa shape index (κ1) is 13.9. The van der Waals surface area contributed by atoms with E-state index in [2.05, 4.69) is 17.0 Å². The van der Waals surface area contributed by atoms with E-state index in [9.17, 15) is 4.79 Å². The van der Waals surface area contributed by atoms with Crippen LogP contribution >= 0.6 is 22.9 Å². The molecule has 1 unspecified atom stereocenters. The standard InChI is InChI=1S/C14H14ClNO2S/c1-9(11-7-13(15)19-8-11)16-12-5-3-10(4-6-12)14(17)18-2/h3-9,16H,1-2H3. The fraction of sp³-hybridized carbons (Fsp3) is 0.214. The van der Waals surface area contributed by atoms with Crippen LogP contribution in [0.3, 0.4) is 0 Å². The molecule has 3 nitrogen and oxygen atoms in total. The molecular formula is C14H14ClNO2S. The van der Waals surface area contributed by atoms with Crippen molar-refractivity contribution in [3.63, 3.8) is 0 Å². The molecule has 2 rings (SSSR count). The number of carbonyl (C=O) groups is 1. The van der Waals surface area contributed by atoms with Crippen LogP contribution in [-0.2, 0) is 4.74 Å². The van der Waals surface area contributed by atoms with E-state index in [4.69, 9.17) is 11.6 Å². The number of ether oxygens (including phenoxy) is 1. The van der Waals surface area contributed by atoms with Crippen molar-refractivity contribution in [1.29, 1.82) is 0 Å². The Kier molecular flexibility index (Phi) is 4.45. The van der Waals surface area contributed by atoms with Crippen LogP contribution in [0.25, 0.3) is 0 Å². The van der Waals surface area contributed by atoms with E-state index < -0.39 is 0 Å². The van der Waals surface area contributed by atoms with Crippen LogP contribution in [0.5, 0.6) is 0 Å². The third-order valence-electron chi connectivity index (χ3n) is 2.78. The zero-order chi connectivity index (χ0) is 13.8. The van der Waals surface area contributed by atoms with Crippen LogP contribution < -0.4 is 5.32 Å². The normalized spacial score (nSPS) is 11.9. The van der Waals surface area contributed by atoms with E-state index >= 15 is 0 Å². The molecule has 0 aliphatic carbocycles. The van der Waals surface area contributed by atoms with Gasteiger partial charge in [-0.2, -0.15) is 0 Å². The van der Waals surface area contributed by atoms with Gasteiger partial charge in [0.2, 0.25) is 0 Å². The Hall–Kier alpha value is -1.52. The van der Waals surface area contributed by atoms with Gasteiger partial charge < -0.3 is 10.1 Å². The summed E-state index contributed by atoms with van der Waals surface area (Å²) < 4.78 is 5.44. The Bertz CT molecular complexity index is 565. The topological polar surface area (TPSA) is 38.3 Å². The number of methoxy groups -OCH3 is 1. The first-order chi connectivity index (χ1) is 9.10. The van der Waals surface area contributed by atoms with Crippen LogP contribution in [-0.4, -0.2) is 13.1 Å². The smallest absolute Gasteiger partial charge is 0.337 e. The highest BCUT2D eigenvalue weighted by atomic mass is 35.5. The summed E-state index contributed by atoms with van der Waals surface area (Å²) in [6.45, 7) is 2.06. The second-order valence-corrected chi connectivity index (χ2v) is 5.66. The Labute approximate surface area is 121 Å². The molecule has 5 heteroatoms. The quantitative estimate of drug-likeness (QED) is 0.852. The molecule has 1 aromatic carbocycles. The van der Waals surface area contributed by atoms with E-state index in [1.807, 2.05) is 23.6 Å². The Morgan fingerprint density at radius 2 is 2.05 bits per heavy atom. The molecule has 19 heavy (non-hydrogen) atoms. The minimum absolute atomic E-state index is 0.160. The van der Waals surface area contributed by atoms with Gasteiger partial charge in [-0.3, -0.25) is 0 Å². The van der Waals surface area contributed by atoms with Crippen molar-refractivity contribution in [2.45, 2.75) is 13.0 Å². The molecule has 1 aromatic heterocycles. The van der Waals surface area contributed by atoms with Crippen molar-refractivity contribution in [3.05, 3.63) is 51.2 Å². The SMILES string of the molecule is COC(=O)c1ccc(NC(C)c2csc(Cl)c2)cc1. The van der Waals surface area contributed by atoms with Gasteiger partial charge in [-0.15, -0.1) is 11.3 Å². The summed E-state index contributed by atoms with van der Waals surface area (Å²) in [7, 11) is 1.37. The highest BCUT2D eigenvalue weighted by Crippen LogP contribution is 2.27. The van der Waals surface area contributed by atoms with Crippen LogP contribution in [0.2, 0.25) is 4.34 Å². The summed E-state index contributed by atoms with van der Waals surface area (Å²) in [5, 5.41) is 5.38. The minimum atomic E-state index is -0.329. The number of benzene rings is 1. The summed E-state index contributed by atoms with van der Waals surface area (Å²) in [5.41, 5.74) is 2.63. The second-order valence-electron chi connectivity index (χ2n) is 4.12. The van der Waals surface area contributed by atoms with Gasteiger partial charge in [-0.25, -0.2) is 4.79 Å². The van der Waals surface area contributed by atoms with Crippen molar-refractivity contribution in [3.8, 4) is 0 Å². The van der Waals surface area contributed by atoms with Crippen LogP contribution in [0.15, 0.2) is 35.7 Å². The van der Waals surface area contributed by atoms with Gasteiger partial charge >= 0.3 is 5.97 Å². The summed E-state index contributed by atoms with van der Waals surface area (Å²) >= 11 is 7.44. The van der Waals surface area contributed by atoms with Crippen LogP contribution in [0.1, 0.15) is 28.9 Å². The summed E-state index contributed by atoms with van der Waals surface area (Å²) in [6.07, 6.45) is 0. The fourth-order valence-corrected chi connectivity index (χ4v) is 2.69. The maximum Gasteiger partial charge on any atom is 0.337 e. The monoisotopic (exact) mass is 295 g/mol. The van der Waals surface area contributed by atoms with Gasteiger partial charge in [0.05, 0.1) is 17.0 Å². The summed E-state index contributed by atoms with van der Waals surface area (Å²) in [4.78, 5) is 11.3. The van der Waals surface area contributed by atoms with Crippen LogP contribution in [0.4, 0.5) is 5.69 Å². The van der Waals surface area contributed by atoms with E-state index in [0.29, 0.717) is 5.56 Å². The number of hydrogen-bond donors (Lipinski definition) is 1. The lowest BCUT2D eigenvalue weighted by atomic mass is 10.1. The van der Waals surface area contributed by atoms with Gasteiger partial charge in [0.1, 0.15) is 0 Å². The molecule has 0 fully saturated rings. The molecule has 0 saturated carbocycles. The molecule has 0 amide bonds. The number of esters is 1. The van der Waals surface area contributed by atoms with Gasteiger partial charge in [-0.05, 0) is 48.2 Å². The summed E-state index contributed by atoms with van der Waals surface area (Å²) in [5.74, 6) is -0.329. The maximum atomic E-state index is 11.3. The first-order valence-electron chi connectivity index (χ1n) is 5.79. The van der Waals surface area contributed by atoms with Crippen molar-refractivity contribution in [2.75, 3.05) is 12.4 Å². The molecule has 0 spiro atoms. The molecule has 1 heterocycles. The number of hydrogen-bond acceptors (Lipinski definition) is 4. The average Bonchev–Trinajstić information content (AvgIpc) is 2.85. The average molecular weight is 296 g/mol. The number of rotatable bonds is 4. The Morgan fingerprint density at radius 1 is 1.37 bits per heavy atom. The molecule has 1 N–H and O–H groups in total. The van der Waals surface area contributed by atoms with Gasteiger partial charge in [0.15, 0.2) is 0 Å². The lowest BCUT2D eigenvalue weighted by Gasteiger charge is -2.14. The zero-order valence-corrected chi connectivity index (χ0v) is 12.2. The van der Waals surface area contributed by atoms with E-state index in [1.54, 1.807) is 12.1 Å². The van der Waals surface area contributed by atoms with Gasteiger partial charge in [0, 0.05) is 11.7 Å². The van der Waals surface area contributed by atoms with Crippen molar-refractivity contribution in [1.82, 2.24) is 0 Å². The zero-order valence-electron chi connectivity index (χ0n) is 10.6. The first-order valence-corrected chi connectivity index (χ1v) is 7.05. The summed E-state index contributed by atoms with van der Waals surface area (Å²) in [6, 6.07) is 9.30. The predicted molar refractivity (Wildman–Crippen MR) is 79.1 cm³/mol. The molecule has 0 saturated heterocycles. The molecule has 0 aliphatic rings. The Morgan fingerprint density at radius 3 is 2.58 bits per heavy atom. The Balaban J connectivity index is 2.05. The number of anilines is 1. The maximum absolute atomic E-state index is 11.3. The number of nitrogens with one attached hydrogen (secondary N) is 1. The fourth-order valence-electron chi connectivity index (χ4n) is 1.70. The molecule has 0 radical (unpaired) electrons. The minimum Gasteiger partial charge on any atom is -0.465 e. The second kappa shape index (κ2) is 6.08. The lowest BCUT2D eigenvalue weighted by molar-refractivity contribution is 0.0601. The lowest BCUT2D eigenvalue weighted by Crippen LogP contribution is -2.06. The number of halogens is 1. The van der Waals surface area contributed by atoms with Gasteiger partial charge in [-0.1, -0.05) is 11.6 Å². The molecule has 2 aromatic rings.